The molecule has 0 heterocycles. The van der Waals surface area contributed by atoms with Gasteiger partial charge < -0.3 is 0 Å². The number of fused-ring (bicyclic) bond motifs is 1. The number of carbonyl (C=O) groups excluding carboxylic acids is 1. The maximum absolute atomic E-state index is 12.9. The number of anilines is 1. The van der Waals surface area contributed by atoms with Gasteiger partial charge >= 0.3 is 12.2 Å². The first-order chi connectivity index (χ1) is 12.9. The number of rotatable bonds is 4. The number of halogens is 3. The molecule has 0 aromatic heterocycles. The standard InChI is InChI=1S/C20H18F3N3O/c21-20(22,23)16-8-3-5-14(13-16)11-12-26(19(27)25-24)18-10-4-7-15-6-1-2-9-17(15)18/h1-10,13H,11-12,24H2,(H,25,27). The molecule has 3 aromatic rings. The summed E-state index contributed by atoms with van der Waals surface area (Å²) in [6.45, 7) is 0.179. The van der Waals surface area contributed by atoms with Gasteiger partial charge in [-0.3, -0.25) is 10.3 Å². The van der Waals surface area contributed by atoms with E-state index in [1.807, 2.05) is 36.4 Å². The molecule has 27 heavy (non-hydrogen) atoms. The summed E-state index contributed by atoms with van der Waals surface area (Å²) in [5, 5.41) is 1.80. The number of carbonyl (C=O) groups is 1. The van der Waals surface area contributed by atoms with Crippen LogP contribution >= 0.6 is 0 Å². The van der Waals surface area contributed by atoms with Crippen LogP contribution in [0.4, 0.5) is 23.7 Å². The van der Waals surface area contributed by atoms with Gasteiger partial charge in [0.25, 0.3) is 0 Å². The molecule has 3 aromatic carbocycles. The first-order valence-corrected chi connectivity index (χ1v) is 8.32. The number of nitrogens with zero attached hydrogens (tertiary/aromatic N) is 1. The van der Waals surface area contributed by atoms with Crippen molar-refractivity contribution in [2.75, 3.05) is 11.4 Å². The summed E-state index contributed by atoms with van der Waals surface area (Å²) >= 11 is 0. The van der Waals surface area contributed by atoms with E-state index in [4.69, 9.17) is 5.84 Å². The maximum Gasteiger partial charge on any atom is 0.416 e. The van der Waals surface area contributed by atoms with Gasteiger partial charge in [0, 0.05) is 11.9 Å². The minimum absolute atomic E-state index is 0.179. The molecule has 0 unspecified atom stereocenters. The van der Waals surface area contributed by atoms with Crippen molar-refractivity contribution >= 4 is 22.5 Å². The third kappa shape index (κ3) is 4.20. The van der Waals surface area contributed by atoms with Crippen molar-refractivity contribution in [3.8, 4) is 0 Å². The van der Waals surface area contributed by atoms with E-state index in [2.05, 4.69) is 5.43 Å². The molecule has 0 aliphatic carbocycles. The molecule has 0 atom stereocenters. The number of alkyl halides is 3. The van der Waals surface area contributed by atoms with E-state index in [-0.39, 0.29) is 13.0 Å². The monoisotopic (exact) mass is 373 g/mol. The van der Waals surface area contributed by atoms with Crippen molar-refractivity contribution in [2.24, 2.45) is 5.84 Å². The highest BCUT2D eigenvalue weighted by atomic mass is 19.4. The van der Waals surface area contributed by atoms with Crippen molar-refractivity contribution in [3.63, 3.8) is 0 Å². The van der Waals surface area contributed by atoms with Gasteiger partial charge in [-0.1, -0.05) is 54.6 Å². The summed E-state index contributed by atoms with van der Waals surface area (Å²) in [5.41, 5.74) is 2.53. The van der Waals surface area contributed by atoms with Crippen molar-refractivity contribution in [1.29, 1.82) is 0 Å². The van der Waals surface area contributed by atoms with Crippen molar-refractivity contribution < 1.29 is 18.0 Å². The molecule has 0 fully saturated rings. The second-order valence-electron chi connectivity index (χ2n) is 6.05. The second kappa shape index (κ2) is 7.67. The molecule has 3 rings (SSSR count). The molecule has 3 N–H and O–H groups in total. The first-order valence-electron chi connectivity index (χ1n) is 8.32. The highest BCUT2D eigenvalue weighted by Gasteiger charge is 2.30. The maximum atomic E-state index is 12.9. The number of nitrogens with one attached hydrogen (secondary N) is 1. The topological polar surface area (TPSA) is 58.4 Å². The Kier molecular flexibility index (Phi) is 5.32. The molecule has 0 aliphatic rings. The second-order valence-corrected chi connectivity index (χ2v) is 6.05. The van der Waals surface area contributed by atoms with Gasteiger partial charge in [-0.05, 0) is 29.5 Å². The minimum Gasteiger partial charge on any atom is -0.292 e. The van der Waals surface area contributed by atoms with Crippen LogP contribution < -0.4 is 16.2 Å². The third-order valence-electron chi connectivity index (χ3n) is 4.30. The summed E-state index contributed by atoms with van der Waals surface area (Å²) in [4.78, 5) is 13.7. The fraction of sp³-hybridized carbons (Fsp3) is 0.150. The van der Waals surface area contributed by atoms with Gasteiger partial charge in [0.15, 0.2) is 0 Å². The molecule has 140 valence electrons. The SMILES string of the molecule is NNC(=O)N(CCc1cccc(C(F)(F)F)c1)c1cccc2ccccc12. The number of amides is 2. The third-order valence-corrected chi connectivity index (χ3v) is 4.30. The van der Waals surface area contributed by atoms with Gasteiger partial charge in [0.05, 0.1) is 11.3 Å². The van der Waals surface area contributed by atoms with E-state index in [1.165, 1.54) is 11.0 Å². The quantitative estimate of drug-likeness (QED) is 0.402. The molecule has 7 heteroatoms. The van der Waals surface area contributed by atoms with Crippen LogP contribution in [0.25, 0.3) is 10.8 Å². The van der Waals surface area contributed by atoms with Crippen LogP contribution in [0, 0.1) is 0 Å². The number of hydrogen-bond acceptors (Lipinski definition) is 2. The normalized spacial score (nSPS) is 11.4. The first kappa shape index (κ1) is 18.7. The van der Waals surface area contributed by atoms with E-state index < -0.39 is 17.8 Å². The van der Waals surface area contributed by atoms with Gasteiger partial charge in [-0.25, -0.2) is 10.6 Å². The van der Waals surface area contributed by atoms with E-state index in [9.17, 15) is 18.0 Å². The number of nitrogens with two attached hydrogens (primary N) is 1. The Morgan fingerprint density at radius 1 is 1.00 bits per heavy atom. The highest BCUT2D eigenvalue weighted by Crippen LogP contribution is 2.30. The summed E-state index contributed by atoms with van der Waals surface area (Å²) in [6, 6.07) is 17.6. The van der Waals surface area contributed by atoms with Crippen LogP contribution in [0.2, 0.25) is 0 Å². The summed E-state index contributed by atoms with van der Waals surface area (Å²) in [5.74, 6) is 5.31. The lowest BCUT2D eigenvalue weighted by atomic mass is 10.1. The smallest absolute Gasteiger partial charge is 0.292 e. The van der Waals surface area contributed by atoms with Gasteiger partial charge in [0.2, 0.25) is 0 Å². The highest BCUT2D eigenvalue weighted by molar-refractivity contribution is 6.02. The molecular formula is C20H18F3N3O. The van der Waals surface area contributed by atoms with Gasteiger partial charge in [-0.15, -0.1) is 0 Å². The zero-order valence-electron chi connectivity index (χ0n) is 14.3. The number of urea groups is 1. The van der Waals surface area contributed by atoms with E-state index in [0.29, 0.717) is 11.3 Å². The Morgan fingerprint density at radius 2 is 1.70 bits per heavy atom. The van der Waals surface area contributed by atoms with Crippen LogP contribution in [0.3, 0.4) is 0 Å². The van der Waals surface area contributed by atoms with E-state index >= 15 is 0 Å². The van der Waals surface area contributed by atoms with Crippen LogP contribution in [-0.2, 0) is 12.6 Å². The van der Waals surface area contributed by atoms with Crippen molar-refractivity contribution in [2.45, 2.75) is 12.6 Å². The lowest BCUT2D eigenvalue weighted by molar-refractivity contribution is -0.137. The summed E-state index contributed by atoms with van der Waals surface area (Å²) in [7, 11) is 0. The molecule has 0 saturated heterocycles. The predicted molar refractivity (Wildman–Crippen MR) is 99.2 cm³/mol. The predicted octanol–water partition coefficient (Wildman–Crippen LogP) is 4.49. The lowest BCUT2D eigenvalue weighted by Gasteiger charge is -2.24. The average molecular weight is 373 g/mol. The van der Waals surface area contributed by atoms with E-state index in [1.54, 1.807) is 12.1 Å². The zero-order valence-corrected chi connectivity index (χ0v) is 14.3. The Labute approximate surface area is 154 Å². The summed E-state index contributed by atoms with van der Waals surface area (Å²) in [6.07, 6.45) is -4.15. The summed E-state index contributed by atoms with van der Waals surface area (Å²) < 4.78 is 38.7. The van der Waals surface area contributed by atoms with E-state index in [0.717, 1.165) is 22.9 Å². The fourth-order valence-corrected chi connectivity index (χ4v) is 3.00. The molecule has 0 radical (unpaired) electrons. The molecule has 2 amide bonds. The molecule has 0 bridgehead atoms. The van der Waals surface area contributed by atoms with Crippen LogP contribution in [-0.4, -0.2) is 12.6 Å². The van der Waals surface area contributed by atoms with Gasteiger partial charge in [0.1, 0.15) is 0 Å². The Bertz CT molecular complexity index is 951. The molecule has 0 saturated carbocycles. The molecule has 0 aliphatic heterocycles. The van der Waals surface area contributed by atoms with Crippen LogP contribution in [0.15, 0.2) is 66.7 Å². The minimum atomic E-state index is -4.40. The van der Waals surface area contributed by atoms with Crippen LogP contribution in [0.5, 0.6) is 0 Å². The fourth-order valence-electron chi connectivity index (χ4n) is 3.00. The lowest BCUT2D eigenvalue weighted by Crippen LogP contribution is -2.44. The Balaban J connectivity index is 1.90. The molecular weight excluding hydrogens is 355 g/mol. The van der Waals surface area contributed by atoms with Crippen molar-refractivity contribution in [1.82, 2.24) is 5.43 Å². The average Bonchev–Trinajstić information content (AvgIpc) is 2.67. The van der Waals surface area contributed by atoms with Gasteiger partial charge in [-0.2, -0.15) is 13.2 Å². The number of hydrazine groups is 1. The Morgan fingerprint density at radius 3 is 2.44 bits per heavy atom. The van der Waals surface area contributed by atoms with Crippen LogP contribution in [0.1, 0.15) is 11.1 Å². The largest absolute Gasteiger partial charge is 0.416 e. The van der Waals surface area contributed by atoms with Crippen molar-refractivity contribution in [3.05, 3.63) is 77.9 Å². The number of benzene rings is 3. The Hall–Kier alpha value is -3.06. The molecule has 0 spiro atoms. The zero-order chi connectivity index (χ0) is 19.4. The molecule has 4 nitrogen and oxygen atoms in total. The number of hydrogen-bond donors (Lipinski definition) is 2.